The molecule has 0 aliphatic carbocycles. The van der Waals surface area contributed by atoms with Crippen molar-refractivity contribution >= 4 is 23.3 Å². The first-order chi connectivity index (χ1) is 7.68. The van der Waals surface area contributed by atoms with Crippen LogP contribution in [0.3, 0.4) is 0 Å². The minimum atomic E-state index is 0. The van der Waals surface area contributed by atoms with Crippen molar-refractivity contribution in [3.63, 3.8) is 0 Å². The first-order valence-electron chi connectivity index (χ1n) is 6.01. The van der Waals surface area contributed by atoms with Crippen molar-refractivity contribution in [2.45, 2.75) is 33.4 Å². The van der Waals surface area contributed by atoms with E-state index in [0.29, 0.717) is 6.04 Å². The first kappa shape index (κ1) is 12.5. The Bertz CT molecular complexity index is 557. The number of hydrogen-bond acceptors (Lipinski definition) is 1. The molecule has 1 aliphatic heterocycles. The summed E-state index contributed by atoms with van der Waals surface area (Å²) in [5, 5.41) is 4.96. The van der Waals surface area contributed by atoms with E-state index in [1.54, 1.807) is 0 Å². The molecule has 1 atom stereocenters. The van der Waals surface area contributed by atoms with E-state index in [4.69, 9.17) is 0 Å². The summed E-state index contributed by atoms with van der Waals surface area (Å²) < 4.78 is 2.48. The summed E-state index contributed by atoms with van der Waals surface area (Å²) in [5.41, 5.74) is 5.65. The van der Waals surface area contributed by atoms with Gasteiger partial charge in [-0.05, 0) is 38.5 Å². The molecule has 1 unspecified atom stereocenters. The van der Waals surface area contributed by atoms with E-state index < -0.39 is 0 Å². The number of nitrogens with zero attached hydrogens (tertiary/aromatic N) is 1. The van der Waals surface area contributed by atoms with Gasteiger partial charge in [0.05, 0.1) is 0 Å². The van der Waals surface area contributed by atoms with Crippen LogP contribution in [0.25, 0.3) is 10.9 Å². The number of halogens is 1. The maximum absolute atomic E-state index is 3.53. The molecule has 1 N–H and O–H groups in total. The molecule has 1 aromatic carbocycles. The molecule has 3 heteroatoms. The average molecular weight is 251 g/mol. The zero-order valence-corrected chi connectivity index (χ0v) is 11.4. The zero-order valence-electron chi connectivity index (χ0n) is 10.6. The number of nitrogens with one attached hydrogen (secondary N) is 1. The van der Waals surface area contributed by atoms with Gasteiger partial charge in [0.1, 0.15) is 0 Å². The van der Waals surface area contributed by atoms with E-state index in [-0.39, 0.29) is 12.4 Å². The summed E-state index contributed by atoms with van der Waals surface area (Å²) >= 11 is 0. The molecule has 0 bridgehead atoms. The predicted octanol–water partition coefficient (Wildman–Crippen LogP) is 3.34. The van der Waals surface area contributed by atoms with Crippen LogP contribution >= 0.6 is 12.4 Å². The van der Waals surface area contributed by atoms with Crippen molar-refractivity contribution in [1.82, 2.24) is 9.88 Å². The Hall–Kier alpha value is -0.990. The van der Waals surface area contributed by atoms with E-state index in [1.807, 2.05) is 0 Å². The Balaban J connectivity index is 0.00000108. The highest BCUT2D eigenvalue weighted by Crippen LogP contribution is 2.31. The van der Waals surface area contributed by atoms with Gasteiger partial charge in [-0.1, -0.05) is 11.6 Å². The Kier molecular flexibility index (Phi) is 3.19. The molecule has 1 aromatic heterocycles. The Labute approximate surface area is 108 Å². The summed E-state index contributed by atoms with van der Waals surface area (Å²) in [7, 11) is 0. The van der Waals surface area contributed by atoms with Gasteiger partial charge in [-0.15, -0.1) is 12.4 Å². The molecule has 92 valence electrons. The lowest BCUT2D eigenvalue weighted by atomic mass is 10.1. The maximum Gasteiger partial charge on any atom is 0.0486 e. The van der Waals surface area contributed by atoms with Gasteiger partial charge in [-0.2, -0.15) is 0 Å². The van der Waals surface area contributed by atoms with Crippen molar-refractivity contribution in [3.05, 3.63) is 35.0 Å². The lowest BCUT2D eigenvalue weighted by Gasteiger charge is -2.24. The highest BCUT2D eigenvalue weighted by atomic mass is 35.5. The summed E-state index contributed by atoms with van der Waals surface area (Å²) in [6, 6.07) is 7.25. The van der Waals surface area contributed by atoms with Crippen molar-refractivity contribution in [2.75, 3.05) is 6.54 Å². The van der Waals surface area contributed by atoms with Crippen LogP contribution in [-0.2, 0) is 6.54 Å². The van der Waals surface area contributed by atoms with Crippen LogP contribution in [0.2, 0.25) is 0 Å². The van der Waals surface area contributed by atoms with Crippen LogP contribution in [0, 0.1) is 13.8 Å². The fraction of sp³-hybridized carbons (Fsp3) is 0.429. The van der Waals surface area contributed by atoms with Gasteiger partial charge >= 0.3 is 0 Å². The normalized spacial score (nSPS) is 18.9. The summed E-state index contributed by atoms with van der Waals surface area (Å²) in [4.78, 5) is 0. The van der Waals surface area contributed by atoms with Gasteiger partial charge < -0.3 is 9.88 Å². The van der Waals surface area contributed by atoms with Gasteiger partial charge in [0.15, 0.2) is 0 Å². The highest BCUT2D eigenvalue weighted by molar-refractivity contribution is 5.86. The third-order valence-corrected chi connectivity index (χ3v) is 3.72. The first-order valence-corrected chi connectivity index (χ1v) is 6.01. The van der Waals surface area contributed by atoms with Gasteiger partial charge in [-0.25, -0.2) is 0 Å². The van der Waals surface area contributed by atoms with Crippen LogP contribution in [0.5, 0.6) is 0 Å². The SMILES string of the molecule is Cc1ccc2c(c1)c(C)c1n2CCNC1C.Cl. The van der Waals surface area contributed by atoms with Crippen molar-refractivity contribution in [2.24, 2.45) is 0 Å². The minimum absolute atomic E-state index is 0. The monoisotopic (exact) mass is 250 g/mol. The molecule has 2 nitrogen and oxygen atoms in total. The van der Waals surface area contributed by atoms with Crippen LogP contribution in [0.15, 0.2) is 18.2 Å². The van der Waals surface area contributed by atoms with Crippen LogP contribution in [0.1, 0.15) is 29.8 Å². The second kappa shape index (κ2) is 4.35. The molecule has 2 aromatic rings. The van der Waals surface area contributed by atoms with Crippen LogP contribution in [0.4, 0.5) is 0 Å². The largest absolute Gasteiger partial charge is 0.342 e. The molecule has 0 radical (unpaired) electrons. The maximum atomic E-state index is 3.53. The topological polar surface area (TPSA) is 17.0 Å². The predicted molar refractivity (Wildman–Crippen MR) is 75.1 cm³/mol. The van der Waals surface area contributed by atoms with Crippen molar-refractivity contribution in [1.29, 1.82) is 0 Å². The standard InChI is InChI=1S/C14H18N2.ClH/c1-9-4-5-13-12(8-9)10(2)14-11(3)15-6-7-16(13)14;/h4-5,8,11,15H,6-7H2,1-3H3;1H. The molecule has 0 amide bonds. The van der Waals surface area contributed by atoms with E-state index >= 15 is 0 Å². The average Bonchev–Trinajstić information content (AvgIpc) is 2.54. The second-order valence-electron chi connectivity index (χ2n) is 4.86. The number of rotatable bonds is 0. The summed E-state index contributed by atoms with van der Waals surface area (Å²) in [6.45, 7) is 8.83. The quantitative estimate of drug-likeness (QED) is 0.759. The Morgan fingerprint density at radius 2 is 2.06 bits per heavy atom. The number of fused-ring (bicyclic) bond motifs is 3. The van der Waals surface area contributed by atoms with Gasteiger partial charge in [-0.3, -0.25) is 0 Å². The number of benzene rings is 1. The molecule has 0 saturated heterocycles. The summed E-state index contributed by atoms with van der Waals surface area (Å²) in [6.07, 6.45) is 0. The summed E-state index contributed by atoms with van der Waals surface area (Å²) in [5.74, 6) is 0. The fourth-order valence-corrected chi connectivity index (χ4v) is 2.94. The molecule has 0 saturated carbocycles. The van der Waals surface area contributed by atoms with E-state index in [0.717, 1.165) is 13.1 Å². The van der Waals surface area contributed by atoms with Gasteiger partial charge in [0.2, 0.25) is 0 Å². The lowest BCUT2D eigenvalue weighted by Crippen LogP contribution is -2.31. The van der Waals surface area contributed by atoms with Gasteiger partial charge in [0.25, 0.3) is 0 Å². The van der Waals surface area contributed by atoms with E-state index in [2.05, 4.69) is 48.9 Å². The molecule has 0 spiro atoms. The number of hydrogen-bond donors (Lipinski definition) is 1. The van der Waals surface area contributed by atoms with Crippen LogP contribution in [-0.4, -0.2) is 11.1 Å². The third-order valence-electron chi connectivity index (χ3n) is 3.72. The van der Waals surface area contributed by atoms with Crippen LogP contribution < -0.4 is 5.32 Å². The molecule has 3 rings (SSSR count). The Morgan fingerprint density at radius 1 is 1.29 bits per heavy atom. The Morgan fingerprint density at radius 3 is 2.82 bits per heavy atom. The zero-order chi connectivity index (χ0) is 11.3. The molecular weight excluding hydrogens is 232 g/mol. The molecular formula is C14H19ClN2. The molecule has 1 aliphatic rings. The van der Waals surface area contributed by atoms with E-state index in [9.17, 15) is 0 Å². The lowest BCUT2D eigenvalue weighted by molar-refractivity contribution is 0.453. The number of aryl methyl sites for hydroxylation is 2. The fourth-order valence-electron chi connectivity index (χ4n) is 2.94. The smallest absolute Gasteiger partial charge is 0.0486 e. The molecule has 0 fully saturated rings. The molecule has 2 heterocycles. The third kappa shape index (κ3) is 1.76. The van der Waals surface area contributed by atoms with Crippen molar-refractivity contribution < 1.29 is 0 Å². The second-order valence-corrected chi connectivity index (χ2v) is 4.86. The van der Waals surface area contributed by atoms with E-state index in [1.165, 1.54) is 27.7 Å². The highest BCUT2D eigenvalue weighted by Gasteiger charge is 2.21. The van der Waals surface area contributed by atoms with Crippen molar-refractivity contribution in [3.8, 4) is 0 Å². The van der Waals surface area contributed by atoms with Gasteiger partial charge in [0, 0.05) is 35.7 Å². The molecule has 17 heavy (non-hydrogen) atoms. The number of aromatic nitrogens is 1. The minimum Gasteiger partial charge on any atom is -0.342 e.